The molecule has 0 heterocycles. The molecular weight excluding hydrogens is 239 g/mol. The van der Waals surface area contributed by atoms with Crippen LogP contribution in [0.25, 0.3) is 0 Å². The maximum Gasteiger partial charge on any atom is 0.110 e. The molecule has 0 N–H and O–H groups in total. The van der Waals surface area contributed by atoms with Crippen molar-refractivity contribution >= 4 is 23.0 Å². The Balaban J connectivity index is 2.75. The standard InChI is InChI=1S/C8H9IO/c1-7-3-2-4-8(5-7)6-10-9/h2-5H,6H2,1H3. The smallest absolute Gasteiger partial charge is 0.110 e. The van der Waals surface area contributed by atoms with E-state index in [1.807, 2.05) is 29.1 Å². The van der Waals surface area contributed by atoms with Crippen LogP contribution in [0.2, 0.25) is 0 Å². The van der Waals surface area contributed by atoms with E-state index in [0.29, 0.717) is 6.61 Å². The Labute approximate surface area is 75.1 Å². The van der Waals surface area contributed by atoms with Crippen molar-refractivity contribution in [3.63, 3.8) is 0 Å². The summed E-state index contributed by atoms with van der Waals surface area (Å²) in [6, 6.07) is 8.31. The molecule has 0 saturated heterocycles. The predicted molar refractivity (Wildman–Crippen MR) is 50.0 cm³/mol. The van der Waals surface area contributed by atoms with E-state index in [1.54, 1.807) is 0 Å². The lowest BCUT2D eigenvalue weighted by atomic mass is 10.1. The van der Waals surface area contributed by atoms with Crippen molar-refractivity contribution in [2.75, 3.05) is 0 Å². The normalized spacial score (nSPS) is 9.80. The molecule has 1 rings (SSSR count). The van der Waals surface area contributed by atoms with Crippen molar-refractivity contribution in [2.45, 2.75) is 13.5 Å². The Morgan fingerprint density at radius 3 is 2.90 bits per heavy atom. The minimum atomic E-state index is 0.697. The summed E-state index contributed by atoms with van der Waals surface area (Å²) >= 11 is 1.90. The van der Waals surface area contributed by atoms with Crippen molar-refractivity contribution in [3.05, 3.63) is 35.4 Å². The molecule has 10 heavy (non-hydrogen) atoms. The van der Waals surface area contributed by atoms with E-state index in [0.717, 1.165) is 0 Å². The van der Waals surface area contributed by atoms with Gasteiger partial charge in [-0.15, -0.1) is 0 Å². The van der Waals surface area contributed by atoms with Gasteiger partial charge in [0.05, 0.1) is 6.61 Å². The summed E-state index contributed by atoms with van der Waals surface area (Å²) in [4.78, 5) is 0. The fourth-order valence-electron chi connectivity index (χ4n) is 0.865. The first-order valence-electron chi connectivity index (χ1n) is 3.12. The number of hydrogen-bond donors (Lipinski definition) is 0. The van der Waals surface area contributed by atoms with Crippen LogP contribution in [-0.4, -0.2) is 0 Å². The zero-order valence-electron chi connectivity index (χ0n) is 5.80. The minimum Gasteiger partial charge on any atom is -0.311 e. The Morgan fingerprint density at radius 1 is 1.50 bits per heavy atom. The molecule has 0 unspecified atom stereocenters. The number of aryl methyl sites for hydroxylation is 1. The van der Waals surface area contributed by atoms with Crippen molar-refractivity contribution in [3.8, 4) is 0 Å². The van der Waals surface area contributed by atoms with E-state index in [1.165, 1.54) is 11.1 Å². The highest BCUT2D eigenvalue weighted by Gasteiger charge is 1.89. The summed E-state index contributed by atoms with van der Waals surface area (Å²) in [5.74, 6) is 0. The highest BCUT2D eigenvalue weighted by atomic mass is 127. The van der Waals surface area contributed by atoms with E-state index >= 15 is 0 Å². The van der Waals surface area contributed by atoms with Gasteiger partial charge in [-0.3, -0.25) is 0 Å². The molecule has 0 bridgehead atoms. The maximum atomic E-state index is 4.95. The first-order chi connectivity index (χ1) is 4.83. The highest BCUT2D eigenvalue weighted by molar-refractivity contribution is 14.1. The predicted octanol–water partition coefficient (Wildman–Crippen LogP) is 2.86. The maximum absolute atomic E-state index is 4.95. The Morgan fingerprint density at radius 2 is 2.30 bits per heavy atom. The number of halogens is 1. The van der Waals surface area contributed by atoms with Gasteiger partial charge in [-0.05, 0) is 12.5 Å². The van der Waals surface area contributed by atoms with Crippen LogP contribution in [0.1, 0.15) is 11.1 Å². The lowest BCUT2D eigenvalue weighted by molar-refractivity contribution is 0.418. The summed E-state index contributed by atoms with van der Waals surface area (Å²) in [5.41, 5.74) is 2.51. The molecule has 0 radical (unpaired) electrons. The lowest BCUT2D eigenvalue weighted by Crippen LogP contribution is -1.83. The summed E-state index contributed by atoms with van der Waals surface area (Å²) in [5, 5.41) is 0. The van der Waals surface area contributed by atoms with Crippen LogP contribution in [0.15, 0.2) is 24.3 Å². The third-order valence-electron chi connectivity index (χ3n) is 1.30. The summed E-state index contributed by atoms with van der Waals surface area (Å²) in [7, 11) is 0. The quantitative estimate of drug-likeness (QED) is 0.731. The monoisotopic (exact) mass is 248 g/mol. The van der Waals surface area contributed by atoms with Crippen molar-refractivity contribution in [2.24, 2.45) is 0 Å². The van der Waals surface area contributed by atoms with Crippen LogP contribution in [0, 0.1) is 6.92 Å². The zero-order valence-corrected chi connectivity index (χ0v) is 7.96. The third kappa shape index (κ3) is 2.27. The molecule has 0 amide bonds. The number of benzene rings is 1. The molecule has 1 nitrogen and oxygen atoms in total. The van der Waals surface area contributed by atoms with Crippen molar-refractivity contribution in [1.82, 2.24) is 0 Å². The second kappa shape index (κ2) is 3.93. The van der Waals surface area contributed by atoms with Gasteiger partial charge in [-0.1, -0.05) is 29.8 Å². The average Bonchev–Trinajstić information content (AvgIpc) is 1.88. The fraction of sp³-hybridized carbons (Fsp3) is 0.250. The number of rotatable bonds is 2. The van der Waals surface area contributed by atoms with E-state index < -0.39 is 0 Å². The Hall–Kier alpha value is -0.0900. The van der Waals surface area contributed by atoms with Gasteiger partial charge in [0.1, 0.15) is 23.0 Å². The molecule has 0 saturated carbocycles. The van der Waals surface area contributed by atoms with Crippen LogP contribution in [0.4, 0.5) is 0 Å². The van der Waals surface area contributed by atoms with Gasteiger partial charge in [-0.25, -0.2) is 0 Å². The van der Waals surface area contributed by atoms with E-state index in [2.05, 4.69) is 25.1 Å². The van der Waals surface area contributed by atoms with Gasteiger partial charge in [0, 0.05) is 0 Å². The van der Waals surface area contributed by atoms with Gasteiger partial charge < -0.3 is 3.07 Å². The highest BCUT2D eigenvalue weighted by Crippen LogP contribution is 2.06. The van der Waals surface area contributed by atoms with Gasteiger partial charge >= 0.3 is 0 Å². The topological polar surface area (TPSA) is 9.23 Å². The second-order valence-electron chi connectivity index (χ2n) is 2.24. The second-order valence-corrected chi connectivity index (χ2v) is 2.87. The molecule has 0 spiro atoms. The third-order valence-corrected chi connectivity index (χ3v) is 1.62. The largest absolute Gasteiger partial charge is 0.311 e. The first kappa shape index (κ1) is 8.01. The van der Waals surface area contributed by atoms with Crippen LogP contribution in [0.3, 0.4) is 0 Å². The molecule has 0 aromatic heterocycles. The SMILES string of the molecule is Cc1cccc(COI)c1. The van der Waals surface area contributed by atoms with Crippen LogP contribution >= 0.6 is 23.0 Å². The molecule has 0 fully saturated rings. The molecule has 0 aliphatic heterocycles. The first-order valence-corrected chi connectivity index (χ1v) is 4.00. The molecule has 2 heteroatoms. The van der Waals surface area contributed by atoms with Crippen LogP contribution < -0.4 is 0 Å². The molecule has 0 aliphatic carbocycles. The Kier molecular flexibility index (Phi) is 3.15. The van der Waals surface area contributed by atoms with Gasteiger partial charge in [0.2, 0.25) is 0 Å². The van der Waals surface area contributed by atoms with Gasteiger partial charge in [0.15, 0.2) is 0 Å². The van der Waals surface area contributed by atoms with Crippen molar-refractivity contribution in [1.29, 1.82) is 0 Å². The average molecular weight is 248 g/mol. The van der Waals surface area contributed by atoms with Crippen molar-refractivity contribution < 1.29 is 3.07 Å². The lowest BCUT2D eigenvalue weighted by Gasteiger charge is -1.97. The summed E-state index contributed by atoms with van der Waals surface area (Å²) < 4.78 is 4.95. The van der Waals surface area contributed by atoms with E-state index in [-0.39, 0.29) is 0 Å². The van der Waals surface area contributed by atoms with E-state index in [9.17, 15) is 0 Å². The summed E-state index contributed by atoms with van der Waals surface area (Å²) in [6.45, 7) is 2.78. The number of hydrogen-bond acceptors (Lipinski definition) is 1. The molecule has 54 valence electrons. The van der Waals surface area contributed by atoms with Gasteiger partial charge in [-0.2, -0.15) is 0 Å². The molecule has 1 aromatic carbocycles. The molecule has 0 aliphatic rings. The minimum absolute atomic E-state index is 0.697. The Bertz CT molecular complexity index is 210. The molecular formula is C8H9IO. The summed E-state index contributed by atoms with van der Waals surface area (Å²) in [6.07, 6.45) is 0. The fourth-order valence-corrected chi connectivity index (χ4v) is 1.22. The van der Waals surface area contributed by atoms with Crippen LogP contribution in [-0.2, 0) is 9.67 Å². The zero-order chi connectivity index (χ0) is 7.40. The van der Waals surface area contributed by atoms with Crippen LogP contribution in [0.5, 0.6) is 0 Å². The molecule has 0 atom stereocenters. The molecule has 1 aromatic rings. The van der Waals surface area contributed by atoms with Gasteiger partial charge in [0.25, 0.3) is 0 Å². The van der Waals surface area contributed by atoms with E-state index in [4.69, 9.17) is 3.07 Å².